The van der Waals surface area contributed by atoms with Crippen LogP contribution in [0.15, 0.2) is 85.2 Å². The summed E-state index contributed by atoms with van der Waals surface area (Å²) < 4.78 is 2.14. The van der Waals surface area contributed by atoms with Crippen LogP contribution >= 0.6 is 12.2 Å². The summed E-state index contributed by atoms with van der Waals surface area (Å²) in [5.74, 6) is 0.245. The van der Waals surface area contributed by atoms with Gasteiger partial charge in [0.15, 0.2) is 5.11 Å². The third-order valence-corrected chi connectivity index (χ3v) is 6.39. The van der Waals surface area contributed by atoms with Gasteiger partial charge in [-0.3, -0.25) is 4.98 Å². The van der Waals surface area contributed by atoms with Crippen LogP contribution in [0, 0.1) is 13.8 Å². The zero-order valence-electron chi connectivity index (χ0n) is 17.9. The van der Waals surface area contributed by atoms with Crippen LogP contribution in [0.5, 0.6) is 5.75 Å². The Kier molecular flexibility index (Phi) is 5.15. The molecule has 1 aliphatic rings. The van der Waals surface area contributed by atoms with Gasteiger partial charge in [0.1, 0.15) is 11.8 Å². The van der Waals surface area contributed by atoms with Crippen molar-refractivity contribution in [3.63, 3.8) is 0 Å². The molecule has 2 atom stereocenters. The highest BCUT2D eigenvalue weighted by molar-refractivity contribution is 7.80. The van der Waals surface area contributed by atoms with Gasteiger partial charge >= 0.3 is 0 Å². The Balaban J connectivity index is 1.67. The second-order valence-electron chi connectivity index (χ2n) is 8.08. The van der Waals surface area contributed by atoms with E-state index in [1.54, 1.807) is 12.1 Å². The number of thiocarbonyl (C=S) groups is 1. The number of anilines is 1. The van der Waals surface area contributed by atoms with Gasteiger partial charge in [-0.1, -0.05) is 12.1 Å². The third kappa shape index (κ3) is 3.52. The molecule has 32 heavy (non-hydrogen) atoms. The van der Waals surface area contributed by atoms with Gasteiger partial charge in [0.05, 0.1) is 11.7 Å². The predicted octanol–water partition coefficient (Wildman–Crippen LogP) is 5.37. The number of phenols is 1. The van der Waals surface area contributed by atoms with Crippen LogP contribution in [-0.4, -0.2) is 19.8 Å². The van der Waals surface area contributed by atoms with Gasteiger partial charge in [0.25, 0.3) is 0 Å². The van der Waals surface area contributed by atoms with E-state index in [1.165, 1.54) is 11.1 Å². The molecule has 0 radical (unpaired) electrons. The summed E-state index contributed by atoms with van der Waals surface area (Å²) in [4.78, 5) is 6.83. The van der Waals surface area contributed by atoms with E-state index >= 15 is 0 Å². The van der Waals surface area contributed by atoms with Crippen LogP contribution in [0.4, 0.5) is 5.69 Å². The largest absolute Gasteiger partial charge is 0.508 e. The van der Waals surface area contributed by atoms with E-state index in [-0.39, 0.29) is 17.8 Å². The van der Waals surface area contributed by atoms with Crippen molar-refractivity contribution in [1.82, 2.24) is 14.9 Å². The highest BCUT2D eigenvalue weighted by Gasteiger charge is 2.42. The standard InChI is InChI=1S/C26H24N4OS/c1-17-8-9-20(16-18(17)2)30-25(24(28-26(30)32)22-6-3-4-14-27-22)23-7-5-15-29(23)19-10-12-21(31)13-11-19/h3-16,24-25,31H,1-2H3,(H,28,32)/t24-,25-/m1/s1. The first-order valence-electron chi connectivity index (χ1n) is 10.6. The second kappa shape index (κ2) is 8.13. The SMILES string of the molecule is Cc1ccc(N2C(=S)N[C@H](c3ccccn3)[C@H]2c2cccn2-c2ccc(O)cc2)cc1C. The fraction of sp³-hybridized carbons (Fsp3) is 0.154. The molecule has 0 saturated carbocycles. The minimum Gasteiger partial charge on any atom is -0.508 e. The molecule has 2 N–H and O–H groups in total. The predicted molar refractivity (Wildman–Crippen MR) is 131 cm³/mol. The number of phenolic OH excluding ortho intramolecular Hbond substituents is 1. The number of aromatic hydroxyl groups is 1. The minimum atomic E-state index is -0.115. The van der Waals surface area contributed by atoms with Gasteiger partial charge in [-0.15, -0.1) is 0 Å². The maximum Gasteiger partial charge on any atom is 0.174 e. The van der Waals surface area contributed by atoms with Crippen molar-refractivity contribution in [2.24, 2.45) is 0 Å². The molecule has 0 bridgehead atoms. The lowest BCUT2D eigenvalue weighted by Crippen LogP contribution is -2.30. The summed E-state index contributed by atoms with van der Waals surface area (Å²) in [6.07, 6.45) is 3.85. The van der Waals surface area contributed by atoms with Crippen LogP contribution in [0.2, 0.25) is 0 Å². The Labute approximate surface area is 193 Å². The van der Waals surface area contributed by atoms with Crippen LogP contribution in [0.1, 0.15) is 34.6 Å². The van der Waals surface area contributed by atoms with Gasteiger partial charge in [-0.05, 0) is 97.9 Å². The monoisotopic (exact) mass is 440 g/mol. The molecule has 0 amide bonds. The Bertz CT molecular complexity index is 1270. The molecule has 1 fully saturated rings. The van der Waals surface area contributed by atoms with Crippen molar-refractivity contribution in [1.29, 1.82) is 0 Å². The molecular formula is C26H24N4OS. The third-order valence-electron chi connectivity index (χ3n) is 6.08. The van der Waals surface area contributed by atoms with E-state index in [9.17, 15) is 5.11 Å². The fourth-order valence-corrected chi connectivity index (χ4v) is 4.64. The zero-order valence-corrected chi connectivity index (χ0v) is 18.8. The van der Waals surface area contributed by atoms with Crippen LogP contribution in [0.25, 0.3) is 5.69 Å². The van der Waals surface area contributed by atoms with Crippen molar-refractivity contribution in [2.45, 2.75) is 25.9 Å². The normalized spacial score (nSPS) is 18.1. The number of nitrogens with zero attached hydrogens (tertiary/aromatic N) is 3. The molecule has 4 aromatic rings. The van der Waals surface area contributed by atoms with Gasteiger partial charge in [0.2, 0.25) is 0 Å². The fourth-order valence-electron chi connectivity index (χ4n) is 4.29. The maximum atomic E-state index is 9.75. The molecule has 2 aromatic carbocycles. The molecule has 1 saturated heterocycles. The minimum absolute atomic E-state index is 0.108. The van der Waals surface area contributed by atoms with Crippen LogP contribution < -0.4 is 10.2 Å². The van der Waals surface area contributed by atoms with Crippen molar-refractivity contribution in [2.75, 3.05) is 4.90 Å². The van der Waals surface area contributed by atoms with E-state index in [0.29, 0.717) is 5.11 Å². The number of hydrogen-bond acceptors (Lipinski definition) is 3. The molecule has 0 unspecified atom stereocenters. The second-order valence-corrected chi connectivity index (χ2v) is 8.47. The number of rotatable bonds is 4. The molecule has 0 spiro atoms. The molecule has 2 aromatic heterocycles. The summed E-state index contributed by atoms with van der Waals surface area (Å²) in [6.45, 7) is 4.24. The number of benzene rings is 2. The quantitative estimate of drug-likeness (QED) is 0.418. The van der Waals surface area contributed by atoms with Crippen molar-refractivity contribution in [3.05, 3.63) is 108 Å². The van der Waals surface area contributed by atoms with E-state index < -0.39 is 0 Å². The Morgan fingerprint density at radius 1 is 0.906 bits per heavy atom. The molecular weight excluding hydrogens is 416 g/mol. The molecule has 6 heteroatoms. The number of hydrogen-bond donors (Lipinski definition) is 2. The lowest BCUT2D eigenvalue weighted by molar-refractivity contribution is 0.475. The molecule has 5 nitrogen and oxygen atoms in total. The number of nitrogens with one attached hydrogen (secondary N) is 1. The van der Waals surface area contributed by atoms with Gasteiger partial charge < -0.3 is 19.9 Å². The highest BCUT2D eigenvalue weighted by Crippen LogP contribution is 2.42. The summed E-state index contributed by atoms with van der Waals surface area (Å²) >= 11 is 5.85. The van der Waals surface area contributed by atoms with Gasteiger partial charge in [0, 0.05) is 29.5 Å². The van der Waals surface area contributed by atoms with E-state index in [0.717, 1.165) is 22.8 Å². The Morgan fingerprint density at radius 2 is 1.69 bits per heavy atom. The number of aryl methyl sites for hydroxylation is 2. The van der Waals surface area contributed by atoms with Crippen molar-refractivity contribution < 1.29 is 5.11 Å². The average Bonchev–Trinajstić information content (AvgIpc) is 3.41. The summed E-state index contributed by atoms with van der Waals surface area (Å²) in [5.41, 5.74) is 6.51. The summed E-state index contributed by atoms with van der Waals surface area (Å²) in [5, 5.41) is 13.9. The number of pyridine rings is 1. The maximum absolute atomic E-state index is 9.75. The zero-order chi connectivity index (χ0) is 22.2. The first-order valence-corrected chi connectivity index (χ1v) is 11.0. The lowest BCUT2D eigenvalue weighted by Gasteiger charge is -2.29. The average molecular weight is 441 g/mol. The van der Waals surface area contributed by atoms with Crippen molar-refractivity contribution >= 4 is 23.0 Å². The van der Waals surface area contributed by atoms with Crippen LogP contribution in [0.3, 0.4) is 0 Å². The van der Waals surface area contributed by atoms with Gasteiger partial charge in [-0.25, -0.2) is 0 Å². The van der Waals surface area contributed by atoms with E-state index in [2.05, 4.69) is 57.9 Å². The summed E-state index contributed by atoms with van der Waals surface area (Å²) in [6, 6.07) is 23.6. The van der Waals surface area contributed by atoms with E-state index in [1.807, 2.05) is 48.8 Å². The molecule has 0 aliphatic carbocycles. The lowest BCUT2D eigenvalue weighted by atomic mass is 10.00. The summed E-state index contributed by atoms with van der Waals surface area (Å²) in [7, 11) is 0. The highest BCUT2D eigenvalue weighted by atomic mass is 32.1. The van der Waals surface area contributed by atoms with Gasteiger partial charge in [-0.2, -0.15) is 0 Å². The van der Waals surface area contributed by atoms with E-state index in [4.69, 9.17) is 12.2 Å². The van der Waals surface area contributed by atoms with Crippen LogP contribution in [-0.2, 0) is 0 Å². The first kappa shape index (κ1) is 20.3. The first-order chi connectivity index (χ1) is 15.5. The molecule has 3 heterocycles. The smallest absolute Gasteiger partial charge is 0.174 e. The molecule has 160 valence electrons. The molecule has 1 aliphatic heterocycles. The number of aromatic nitrogens is 2. The van der Waals surface area contributed by atoms with Crippen molar-refractivity contribution in [3.8, 4) is 11.4 Å². The molecule has 5 rings (SSSR count). The Morgan fingerprint density at radius 3 is 2.41 bits per heavy atom. The topological polar surface area (TPSA) is 53.3 Å². The Hall–Kier alpha value is -3.64.